The quantitative estimate of drug-likeness (QED) is 0.535. The summed E-state index contributed by atoms with van der Waals surface area (Å²) in [5, 5.41) is 0. The van der Waals surface area contributed by atoms with E-state index in [9.17, 15) is 14.0 Å². The van der Waals surface area contributed by atoms with E-state index in [4.69, 9.17) is 4.74 Å². The second-order valence-electron chi connectivity index (χ2n) is 6.52. The number of rotatable bonds is 3. The molecule has 26 heavy (non-hydrogen) atoms. The van der Waals surface area contributed by atoms with Gasteiger partial charge in [0.2, 0.25) is 5.95 Å². The fourth-order valence-corrected chi connectivity index (χ4v) is 3.44. The van der Waals surface area contributed by atoms with Crippen LogP contribution in [0.5, 0.6) is 0 Å². The highest BCUT2D eigenvalue weighted by Gasteiger charge is 2.29. The SMILES string of the molecule is COC(=O)c1cc(C2CC2)c2c(C)c(-c3ccnc(F)c3)ccn2c1=O. The Morgan fingerprint density at radius 1 is 1.31 bits per heavy atom. The van der Waals surface area contributed by atoms with Crippen LogP contribution in [0.25, 0.3) is 16.6 Å². The van der Waals surface area contributed by atoms with Crippen molar-refractivity contribution >= 4 is 11.5 Å². The molecular formula is C20H17FN2O3. The first-order chi connectivity index (χ1) is 12.5. The molecule has 1 aliphatic carbocycles. The van der Waals surface area contributed by atoms with Gasteiger partial charge in [-0.25, -0.2) is 9.78 Å². The number of aromatic nitrogens is 2. The highest BCUT2D eigenvalue weighted by atomic mass is 19.1. The minimum atomic E-state index is -0.635. The summed E-state index contributed by atoms with van der Waals surface area (Å²) in [5.74, 6) is -0.871. The van der Waals surface area contributed by atoms with E-state index in [1.54, 1.807) is 24.4 Å². The molecule has 0 spiro atoms. The molecule has 6 heteroatoms. The summed E-state index contributed by atoms with van der Waals surface area (Å²) in [6.45, 7) is 1.91. The predicted molar refractivity (Wildman–Crippen MR) is 94.9 cm³/mol. The average molecular weight is 352 g/mol. The number of aryl methyl sites for hydroxylation is 1. The van der Waals surface area contributed by atoms with E-state index < -0.39 is 17.5 Å². The number of methoxy groups -OCH3 is 1. The third kappa shape index (κ3) is 2.58. The first-order valence-corrected chi connectivity index (χ1v) is 8.40. The van der Waals surface area contributed by atoms with Gasteiger partial charge >= 0.3 is 5.97 Å². The van der Waals surface area contributed by atoms with E-state index >= 15 is 0 Å². The summed E-state index contributed by atoms with van der Waals surface area (Å²) in [6.07, 6.45) is 5.09. The molecular weight excluding hydrogens is 335 g/mol. The molecule has 3 aromatic rings. The van der Waals surface area contributed by atoms with Gasteiger partial charge in [-0.1, -0.05) is 0 Å². The predicted octanol–water partition coefficient (Wildman–Crippen LogP) is 3.47. The van der Waals surface area contributed by atoms with Crippen molar-refractivity contribution in [1.82, 2.24) is 9.38 Å². The van der Waals surface area contributed by atoms with Crippen molar-refractivity contribution < 1.29 is 13.9 Å². The van der Waals surface area contributed by atoms with Crippen LogP contribution >= 0.6 is 0 Å². The zero-order chi connectivity index (χ0) is 18.4. The van der Waals surface area contributed by atoms with Crippen LogP contribution in [0, 0.1) is 12.9 Å². The third-order valence-electron chi connectivity index (χ3n) is 4.87. The van der Waals surface area contributed by atoms with Crippen LogP contribution in [-0.2, 0) is 4.74 Å². The summed E-state index contributed by atoms with van der Waals surface area (Å²) in [5.41, 5.74) is 3.76. The van der Waals surface area contributed by atoms with Crippen LogP contribution in [0.2, 0.25) is 0 Å². The Balaban J connectivity index is 2.04. The number of carbonyl (C=O) groups is 1. The molecule has 0 aliphatic heterocycles. The topological polar surface area (TPSA) is 60.7 Å². The Morgan fingerprint density at radius 2 is 2.08 bits per heavy atom. The number of ether oxygens (including phenoxy) is 1. The summed E-state index contributed by atoms with van der Waals surface area (Å²) < 4.78 is 19.8. The van der Waals surface area contributed by atoms with Crippen LogP contribution in [0.3, 0.4) is 0 Å². The molecule has 5 nitrogen and oxygen atoms in total. The van der Waals surface area contributed by atoms with Crippen LogP contribution in [-0.4, -0.2) is 22.5 Å². The summed E-state index contributed by atoms with van der Waals surface area (Å²) in [4.78, 5) is 28.4. The summed E-state index contributed by atoms with van der Waals surface area (Å²) >= 11 is 0. The maximum atomic E-state index is 13.5. The van der Waals surface area contributed by atoms with Gasteiger partial charge in [-0.15, -0.1) is 0 Å². The van der Waals surface area contributed by atoms with Crippen LogP contribution in [0.4, 0.5) is 4.39 Å². The number of fused-ring (bicyclic) bond motifs is 1. The number of nitrogens with zero attached hydrogens (tertiary/aromatic N) is 2. The number of halogens is 1. The minimum Gasteiger partial charge on any atom is -0.465 e. The fourth-order valence-electron chi connectivity index (χ4n) is 3.44. The molecule has 1 fully saturated rings. The monoisotopic (exact) mass is 352 g/mol. The van der Waals surface area contributed by atoms with Gasteiger partial charge in [-0.05, 0) is 66.1 Å². The van der Waals surface area contributed by atoms with Gasteiger partial charge in [-0.3, -0.25) is 9.20 Å². The zero-order valence-corrected chi connectivity index (χ0v) is 14.5. The highest BCUT2D eigenvalue weighted by molar-refractivity contribution is 5.90. The van der Waals surface area contributed by atoms with E-state index in [-0.39, 0.29) is 5.56 Å². The molecule has 0 bridgehead atoms. The standard InChI is InChI=1S/C20H17FN2O3/c1-11-14(13-5-7-22-17(21)9-13)6-8-23-18(11)15(12-3-4-12)10-16(19(23)24)20(25)26-2/h5-10,12H,3-4H2,1-2H3. The van der Waals surface area contributed by atoms with Crippen molar-refractivity contribution in [3.05, 3.63) is 69.7 Å². The third-order valence-corrected chi connectivity index (χ3v) is 4.87. The molecule has 0 aromatic carbocycles. The Kier molecular flexibility index (Phi) is 3.83. The lowest BCUT2D eigenvalue weighted by Gasteiger charge is -2.15. The normalized spacial score (nSPS) is 13.8. The molecule has 1 aliphatic rings. The van der Waals surface area contributed by atoms with Crippen LogP contribution in [0.1, 0.15) is 40.2 Å². The first kappa shape index (κ1) is 16.4. The molecule has 0 saturated heterocycles. The van der Waals surface area contributed by atoms with Crippen molar-refractivity contribution in [2.75, 3.05) is 7.11 Å². The molecule has 1 saturated carbocycles. The number of hydrogen-bond acceptors (Lipinski definition) is 4. The highest BCUT2D eigenvalue weighted by Crippen LogP contribution is 2.43. The molecule has 0 atom stereocenters. The van der Waals surface area contributed by atoms with Crippen molar-refractivity contribution in [3.8, 4) is 11.1 Å². The van der Waals surface area contributed by atoms with Gasteiger partial charge in [0.25, 0.3) is 5.56 Å². The molecule has 3 aromatic heterocycles. The second-order valence-corrected chi connectivity index (χ2v) is 6.52. The lowest BCUT2D eigenvalue weighted by atomic mass is 9.97. The number of hydrogen-bond donors (Lipinski definition) is 0. The number of pyridine rings is 3. The maximum Gasteiger partial charge on any atom is 0.343 e. The van der Waals surface area contributed by atoms with Crippen molar-refractivity contribution in [2.24, 2.45) is 0 Å². The van der Waals surface area contributed by atoms with Gasteiger partial charge in [0.1, 0.15) is 5.56 Å². The van der Waals surface area contributed by atoms with E-state index in [1.807, 2.05) is 6.92 Å². The molecule has 132 valence electrons. The average Bonchev–Trinajstić information content (AvgIpc) is 3.47. The van der Waals surface area contributed by atoms with Crippen LogP contribution in [0.15, 0.2) is 41.5 Å². The summed E-state index contributed by atoms with van der Waals surface area (Å²) in [7, 11) is 1.26. The van der Waals surface area contributed by atoms with Gasteiger partial charge in [0.05, 0.1) is 12.6 Å². The van der Waals surface area contributed by atoms with Gasteiger partial charge in [0.15, 0.2) is 0 Å². The van der Waals surface area contributed by atoms with Crippen molar-refractivity contribution in [1.29, 1.82) is 0 Å². The molecule has 3 heterocycles. The molecule has 4 rings (SSSR count). The Labute approximate surface area is 149 Å². The molecule has 0 unspecified atom stereocenters. The van der Waals surface area contributed by atoms with Crippen molar-refractivity contribution in [3.63, 3.8) is 0 Å². The molecule has 0 radical (unpaired) electrons. The Hall–Kier alpha value is -3.02. The Morgan fingerprint density at radius 3 is 2.73 bits per heavy atom. The maximum absolute atomic E-state index is 13.5. The van der Waals surface area contributed by atoms with Gasteiger partial charge in [-0.2, -0.15) is 4.39 Å². The number of esters is 1. The summed E-state index contributed by atoms with van der Waals surface area (Å²) in [6, 6.07) is 6.53. The number of carbonyl (C=O) groups excluding carboxylic acids is 1. The molecule has 0 amide bonds. The fraction of sp³-hybridized carbons (Fsp3) is 0.250. The zero-order valence-electron chi connectivity index (χ0n) is 14.5. The van der Waals surface area contributed by atoms with E-state index in [1.165, 1.54) is 23.8 Å². The lowest BCUT2D eigenvalue weighted by molar-refractivity contribution is 0.0598. The largest absolute Gasteiger partial charge is 0.465 e. The van der Waals surface area contributed by atoms with Crippen LogP contribution < -0.4 is 5.56 Å². The second kappa shape index (κ2) is 6.05. The van der Waals surface area contributed by atoms with E-state index in [0.29, 0.717) is 11.5 Å². The van der Waals surface area contributed by atoms with Gasteiger partial charge in [0, 0.05) is 18.5 Å². The van der Waals surface area contributed by atoms with Gasteiger partial charge < -0.3 is 4.74 Å². The Bertz CT molecular complexity index is 1100. The van der Waals surface area contributed by atoms with Crippen molar-refractivity contribution in [2.45, 2.75) is 25.7 Å². The molecule has 0 N–H and O–H groups in total. The smallest absolute Gasteiger partial charge is 0.343 e. The van der Waals surface area contributed by atoms with E-state index in [0.717, 1.165) is 35.0 Å². The minimum absolute atomic E-state index is 0.0361. The first-order valence-electron chi connectivity index (χ1n) is 8.40. The lowest BCUT2D eigenvalue weighted by Crippen LogP contribution is -2.24. The van der Waals surface area contributed by atoms with E-state index in [2.05, 4.69) is 4.98 Å².